The van der Waals surface area contributed by atoms with Gasteiger partial charge in [-0.2, -0.15) is 4.79 Å². The monoisotopic (exact) mass is 171 g/mol. The fraction of sp³-hybridized carbons (Fsp3) is 0.667. The highest BCUT2D eigenvalue weighted by Gasteiger charge is 2.34. The van der Waals surface area contributed by atoms with Crippen LogP contribution in [0.3, 0.4) is 0 Å². The highest BCUT2D eigenvalue weighted by atomic mass is 16.4. The maximum atomic E-state index is 10.3. The Morgan fingerprint density at radius 2 is 2.08 bits per heavy atom. The molecule has 12 heavy (non-hydrogen) atoms. The molecule has 0 rings (SSSR count). The van der Waals surface area contributed by atoms with Gasteiger partial charge in [-0.05, 0) is 5.18 Å². The van der Waals surface area contributed by atoms with E-state index < -0.39 is 12.0 Å². The maximum Gasteiger partial charge on any atom is 0.344 e. The van der Waals surface area contributed by atoms with Crippen LogP contribution in [-0.4, -0.2) is 27.6 Å². The average molecular weight is 171 g/mol. The van der Waals surface area contributed by atoms with Crippen LogP contribution in [0.5, 0.6) is 0 Å². The van der Waals surface area contributed by atoms with E-state index in [9.17, 15) is 9.70 Å². The molecule has 0 aliphatic rings. The molecule has 0 amide bonds. The number of aliphatic carboxylic acids is 1. The Balaban J connectivity index is 4.82. The van der Waals surface area contributed by atoms with Gasteiger partial charge in [0.1, 0.15) is 0 Å². The highest BCUT2D eigenvalue weighted by Crippen LogP contribution is 2.03. The zero-order valence-corrected chi connectivity index (χ0v) is 6.76. The van der Waals surface area contributed by atoms with Crippen LogP contribution >= 0.6 is 0 Å². The second kappa shape index (κ2) is 4.35. The van der Waals surface area contributed by atoms with Crippen molar-refractivity contribution < 1.29 is 14.7 Å². The Kier molecular flexibility index (Phi) is 3.79. The number of nitrogens with zero attached hydrogens (tertiary/aromatic N) is 3. The Morgan fingerprint density at radius 3 is 2.17 bits per heavy atom. The summed E-state index contributed by atoms with van der Waals surface area (Å²) in [5, 5.41) is 10.8. The van der Waals surface area contributed by atoms with Gasteiger partial charge in [-0.1, -0.05) is 13.8 Å². The van der Waals surface area contributed by atoms with Crippen LogP contribution < -0.4 is 0 Å². The molecule has 0 aromatic heterocycles. The molecule has 0 saturated carbocycles. The second-order valence-corrected chi connectivity index (χ2v) is 2.53. The molecule has 0 aromatic rings. The topological polar surface area (TPSA) is 103 Å². The first-order chi connectivity index (χ1) is 5.54. The summed E-state index contributed by atoms with van der Waals surface area (Å²) < 4.78 is 0. The third-order valence-electron chi connectivity index (χ3n) is 1.33. The van der Waals surface area contributed by atoms with E-state index in [0.29, 0.717) is 0 Å². The van der Waals surface area contributed by atoms with E-state index in [2.05, 4.69) is 9.97 Å². The largest absolute Gasteiger partial charge is 0.479 e. The Labute approximate surface area is 68.8 Å². The summed E-state index contributed by atoms with van der Waals surface area (Å²) in [5.74, 6) is -1.74. The predicted molar refractivity (Wildman–Crippen MR) is 40.7 cm³/mol. The summed E-state index contributed by atoms with van der Waals surface area (Å²) in [4.78, 5) is 23.1. The van der Waals surface area contributed by atoms with Crippen molar-refractivity contribution in [3.63, 3.8) is 0 Å². The lowest BCUT2D eigenvalue weighted by Crippen LogP contribution is -2.32. The van der Waals surface area contributed by atoms with Crippen LogP contribution in [0.4, 0.5) is 0 Å². The normalized spacial score (nSPS) is 11.9. The van der Waals surface area contributed by atoms with E-state index in [-0.39, 0.29) is 11.6 Å². The minimum atomic E-state index is -1.59. The fourth-order valence-corrected chi connectivity index (χ4v) is 0.711. The molecule has 0 heterocycles. The molecule has 0 aliphatic carbocycles. The van der Waals surface area contributed by atoms with Gasteiger partial charge >= 0.3 is 11.7 Å². The molecule has 66 valence electrons. The van der Waals surface area contributed by atoms with E-state index in [0.717, 1.165) is 0 Å². The molecule has 1 atom stereocenters. The van der Waals surface area contributed by atoms with Gasteiger partial charge in [0.05, 0.1) is 5.92 Å². The van der Waals surface area contributed by atoms with Gasteiger partial charge in [0.2, 0.25) is 0 Å². The molecular weight excluding hydrogens is 162 g/mol. The smallest absolute Gasteiger partial charge is 0.344 e. The summed E-state index contributed by atoms with van der Waals surface area (Å²) in [6, 6.07) is -1.59. The van der Waals surface area contributed by atoms with Gasteiger partial charge in [0, 0.05) is 0 Å². The molecule has 0 fully saturated rings. The first-order valence-corrected chi connectivity index (χ1v) is 3.31. The van der Waals surface area contributed by atoms with Crippen LogP contribution in [0.1, 0.15) is 13.8 Å². The van der Waals surface area contributed by atoms with Crippen LogP contribution in [0.15, 0.2) is 5.18 Å². The number of hydrogen-bond acceptors (Lipinski definition) is 3. The van der Waals surface area contributed by atoms with Crippen molar-refractivity contribution in [1.29, 1.82) is 0 Å². The summed E-state index contributed by atoms with van der Waals surface area (Å²) in [7, 11) is 0. The first kappa shape index (κ1) is 10.4. The zero-order valence-electron chi connectivity index (χ0n) is 6.76. The molecule has 0 bridgehead atoms. The number of carboxylic acids is 1. The molecule has 0 unspecified atom stereocenters. The molecular formula is C6H9N3O3. The average Bonchev–Trinajstić information content (AvgIpc) is 1.98. The van der Waals surface area contributed by atoms with E-state index in [1.54, 1.807) is 13.8 Å². The van der Waals surface area contributed by atoms with E-state index in [1.165, 1.54) is 0 Å². The summed E-state index contributed by atoms with van der Waals surface area (Å²) in [6.07, 6.45) is 0. The second-order valence-electron chi connectivity index (χ2n) is 2.53. The van der Waals surface area contributed by atoms with E-state index in [4.69, 9.17) is 10.6 Å². The van der Waals surface area contributed by atoms with Crippen LogP contribution in [0.2, 0.25) is 0 Å². The molecule has 6 nitrogen and oxygen atoms in total. The van der Waals surface area contributed by atoms with Crippen molar-refractivity contribution in [1.82, 2.24) is 0 Å². The van der Waals surface area contributed by atoms with E-state index >= 15 is 0 Å². The van der Waals surface area contributed by atoms with Crippen molar-refractivity contribution >= 4 is 11.7 Å². The molecule has 0 spiro atoms. The molecule has 0 aliphatic heterocycles. The standard InChI is InChI=1S/C6H9N3O3/c1-3(2)4(8-7)5(9-12)6(10)11/h3,5H,1-2H3,(H,10,11)/t5-/m0/s1. The van der Waals surface area contributed by atoms with Gasteiger partial charge in [-0.15, -0.1) is 4.91 Å². The summed E-state index contributed by atoms with van der Waals surface area (Å²) in [6.45, 7) is 3.21. The Bertz CT molecular complexity index is 242. The van der Waals surface area contributed by atoms with Crippen molar-refractivity contribution in [2.45, 2.75) is 19.9 Å². The lowest BCUT2D eigenvalue weighted by molar-refractivity contribution is -0.137. The van der Waals surface area contributed by atoms with Gasteiger partial charge < -0.3 is 10.6 Å². The van der Waals surface area contributed by atoms with Crippen LogP contribution in [0.25, 0.3) is 5.53 Å². The van der Waals surface area contributed by atoms with Crippen molar-refractivity contribution in [2.24, 2.45) is 11.1 Å². The Morgan fingerprint density at radius 1 is 1.58 bits per heavy atom. The number of carboxylic acid groups (broad SMARTS) is 1. The lowest BCUT2D eigenvalue weighted by Gasteiger charge is -2.00. The van der Waals surface area contributed by atoms with Gasteiger partial charge in [-0.25, -0.2) is 4.79 Å². The van der Waals surface area contributed by atoms with Crippen LogP contribution in [-0.2, 0) is 4.79 Å². The zero-order chi connectivity index (χ0) is 9.72. The van der Waals surface area contributed by atoms with Crippen molar-refractivity contribution in [2.75, 3.05) is 0 Å². The van der Waals surface area contributed by atoms with Gasteiger partial charge in [0.25, 0.3) is 6.04 Å². The van der Waals surface area contributed by atoms with Gasteiger partial charge in [0.15, 0.2) is 0 Å². The summed E-state index contributed by atoms with van der Waals surface area (Å²) in [5.41, 5.74) is 8.23. The molecule has 0 saturated heterocycles. The Hall–Kier alpha value is -1.55. The highest BCUT2D eigenvalue weighted by molar-refractivity contribution is 6.03. The number of carbonyl (C=O) groups is 1. The SMILES string of the molecule is CC(C)C(=[N+]=[N-])[C@H](N=O)C(=O)O. The first-order valence-electron chi connectivity index (χ1n) is 3.31. The third kappa shape index (κ3) is 2.25. The lowest BCUT2D eigenvalue weighted by atomic mass is 10.0. The van der Waals surface area contributed by atoms with E-state index in [1.807, 2.05) is 0 Å². The number of hydrogen-bond donors (Lipinski definition) is 1. The third-order valence-corrected chi connectivity index (χ3v) is 1.33. The summed E-state index contributed by atoms with van der Waals surface area (Å²) >= 11 is 0. The predicted octanol–water partition coefficient (Wildman–Crippen LogP) is 0.533. The molecule has 1 N–H and O–H groups in total. The van der Waals surface area contributed by atoms with Crippen LogP contribution in [0, 0.1) is 10.8 Å². The molecule has 0 radical (unpaired) electrons. The quantitative estimate of drug-likeness (QED) is 0.288. The van der Waals surface area contributed by atoms with Crippen molar-refractivity contribution in [3.05, 3.63) is 10.4 Å². The minimum Gasteiger partial charge on any atom is -0.479 e. The maximum absolute atomic E-state index is 10.3. The number of nitroso groups, excluding NO2 is 1. The van der Waals surface area contributed by atoms with Crippen molar-refractivity contribution in [3.8, 4) is 0 Å². The molecule has 0 aromatic carbocycles. The number of rotatable bonds is 4. The van der Waals surface area contributed by atoms with Gasteiger partial charge in [-0.3, -0.25) is 0 Å². The molecule has 6 heteroatoms. The fourth-order valence-electron chi connectivity index (χ4n) is 0.711. The minimum absolute atomic E-state index is 0.141.